The van der Waals surface area contributed by atoms with Crippen LogP contribution in [0.15, 0.2) is 70.5 Å². The Balaban J connectivity index is 1.91. The van der Waals surface area contributed by atoms with Crippen LogP contribution in [0.3, 0.4) is 0 Å². The number of hydrogen-bond acceptors (Lipinski definition) is 5. The third-order valence-electron chi connectivity index (χ3n) is 4.20. The van der Waals surface area contributed by atoms with Crippen molar-refractivity contribution in [2.24, 2.45) is 4.99 Å². The standard InChI is InChI=1S/C20H18N2O4/c1-22(14-10-6-3-7-11-14)17-18(23)16(19(17)24)21-15(20(25)26)12-13-8-4-2-5-9-13/h2-11,15,23H,12H2,1H3,(H,25,26)/t15-/m1/s1. The minimum absolute atomic E-state index is 0.110. The van der Waals surface area contributed by atoms with Crippen LogP contribution in [0.1, 0.15) is 5.56 Å². The van der Waals surface area contributed by atoms with Gasteiger partial charge in [-0.2, -0.15) is 0 Å². The molecule has 6 nitrogen and oxygen atoms in total. The molecule has 0 aliphatic rings. The smallest absolute Gasteiger partial charge is 0.328 e. The summed E-state index contributed by atoms with van der Waals surface area (Å²) in [5.41, 5.74) is 1.17. The van der Waals surface area contributed by atoms with Crippen LogP contribution in [0, 0.1) is 0 Å². The van der Waals surface area contributed by atoms with E-state index in [1.165, 1.54) is 0 Å². The van der Waals surface area contributed by atoms with Gasteiger partial charge in [-0.1, -0.05) is 48.5 Å². The first-order valence-electron chi connectivity index (χ1n) is 8.10. The number of carboxylic acids is 1. The molecule has 2 N–H and O–H groups in total. The molecule has 0 unspecified atom stereocenters. The molecular formula is C20H18N2O4. The monoisotopic (exact) mass is 350 g/mol. The summed E-state index contributed by atoms with van der Waals surface area (Å²) in [6, 6.07) is 17.0. The van der Waals surface area contributed by atoms with Crippen molar-refractivity contribution in [2.45, 2.75) is 12.5 Å². The highest BCUT2D eigenvalue weighted by Crippen LogP contribution is 2.27. The summed E-state index contributed by atoms with van der Waals surface area (Å²) < 4.78 is 0. The number of carbonyl (C=O) groups is 1. The molecule has 0 aliphatic heterocycles. The highest BCUT2D eigenvalue weighted by atomic mass is 16.4. The lowest BCUT2D eigenvalue weighted by Gasteiger charge is -2.22. The molecule has 0 aliphatic carbocycles. The Bertz CT molecular complexity index is 990. The molecule has 0 heterocycles. The van der Waals surface area contributed by atoms with Gasteiger partial charge in [0.05, 0.1) is 0 Å². The Labute approximate surface area is 150 Å². The summed E-state index contributed by atoms with van der Waals surface area (Å²) in [5.74, 6) is -1.42. The number of aromatic hydroxyl groups is 1. The van der Waals surface area contributed by atoms with Crippen molar-refractivity contribution in [3.63, 3.8) is 0 Å². The summed E-state index contributed by atoms with van der Waals surface area (Å²) in [6.45, 7) is 0. The number of hydrogen-bond donors (Lipinski definition) is 2. The van der Waals surface area contributed by atoms with E-state index in [0.717, 1.165) is 11.3 Å². The first-order chi connectivity index (χ1) is 12.5. The van der Waals surface area contributed by atoms with E-state index in [-0.39, 0.29) is 23.2 Å². The number of rotatable bonds is 6. The molecule has 26 heavy (non-hydrogen) atoms. The molecular weight excluding hydrogens is 332 g/mol. The van der Waals surface area contributed by atoms with Gasteiger partial charge < -0.3 is 15.1 Å². The number of benzene rings is 2. The van der Waals surface area contributed by atoms with Crippen LogP contribution in [0.2, 0.25) is 0 Å². The van der Waals surface area contributed by atoms with Crippen LogP contribution in [-0.4, -0.2) is 29.3 Å². The maximum Gasteiger partial charge on any atom is 0.328 e. The van der Waals surface area contributed by atoms with E-state index in [1.807, 2.05) is 24.3 Å². The van der Waals surface area contributed by atoms with Crippen molar-refractivity contribution in [3.8, 4) is 5.75 Å². The van der Waals surface area contributed by atoms with E-state index in [4.69, 9.17) is 0 Å². The second kappa shape index (κ2) is 7.23. The molecule has 0 fully saturated rings. The Morgan fingerprint density at radius 3 is 2.19 bits per heavy atom. The van der Waals surface area contributed by atoms with E-state index >= 15 is 0 Å². The van der Waals surface area contributed by atoms with Gasteiger partial charge in [-0.15, -0.1) is 0 Å². The lowest BCUT2D eigenvalue weighted by atomic mass is 10.1. The minimum atomic E-state index is -1.15. The van der Waals surface area contributed by atoms with Gasteiger partial charge in [-0.05, 0) is 17.7 Å². The van der Waals surface area contributed by atoms with Gasteiger partial charge in [0, 0.05) is 19.2 Å². The number of anilines is 2. The third kappa shape index (κ3) is 3.35. The fraction of sp³-hybridized carbons (Fsp3) is 0.150. The van der Waals surface area contributed by atoms with Crippen molar-refractivity contribution >= 4 is 17.3 Å². The molecule has 0 bridgehead atoms. The minimum Gasteiger partial charge on any atom is -0.504 e. The fourth-order valence-corrected chi connectivity index (χ4v) is 2.77. The molecule has 3 aromatic carbocycles. The Kier molecular flexibility index (Phi) is 4.84. The molecule has 132 valence electrons. The molecule has 0 spiro atoms. The number of carboxylic acid groups (broad SMARTS) is 1. The predicted molar refractivity (Wildman–Crippen MR) is 98.4 cm³/mol. The second-order valence-corrected chi connectivity index (χ2v) is 5.94. The average molecular weight is 350 g/mol. The van der Waals surface area contributed by atoms with E-state index < -0.39 is 17.4 Å². The second-order valence-electron chi connectivity index (χ2n) is 5.94. The van der Waals surface area contributed by atoms with Gasteiger partial charge in [-0.3, -0.25) is 9.79 Å². The topological polar surface area (TPSA) is 90.2 Å². The van der Waals surface area contributed by atoms with Gasteiger partial charge in [0.2, 0.25) is 5.43 Å². The SMILES string of the molecule is CN(c1ccccc1)c1c(O)c(=N[C@H](Cc2ccccc2)C(=O)O)c1=O. The largest absolute Gasteiger partial charge is 0.504 e. The normalized spacial score (nSPS) is 12.9. The van der Waals surface area contributed by atoms with E-state index in [9.17, 15) is 19.8 Å². The molecule has 0 saturated carbocycles. The summed E-state index contributed by atoms with van der Waals surface area (Å²) in [5, 5.41) is 19.5. The van der Waals surface area contributed by atoms with Crippen molar-refractivity contribution in [1.29, 1.82) is 0 Å². The zero-order chi connectivity index (χ0) is 18.7. The molecule has 0 saturated heterocycles. The van der Waals surface area contributed by atoms with E-state index in [0.29, 0.717) is 0 Å². The van der Waals surface area contributed by atoms with Gasteiger partial charge >= 0.3 is 5.97 Å². The van der Waals surface area contributed by atoms with Gasteiger partial charge in [0.15, 0.2) is 17.1 Å². The van der Waals surface area contributed by atoms with Crippen molar-refractivity contribution in [1.82, 2.24) is 0 Å². The number of nitrogens with zero attached hydrogens (tertiary/aromatic N) is 2. The zero-order valence-electron chi connectivity index (χ0n) is 14.2. The van der Waals surface area contributed by atoms with Crippen molar-refractivity contribution in [2.75, 3.05) is 11.9 Å². The molecule has 6 heteroatoms. The van der Waals surface area contributed by atoms with Crippen LogP contribution in [0.5, 0.6) is 5.75 Å². The van der Waals surface area contributed by atoms with Crippen LogP contribution < -0.4 is 15.7 Å². The van der Waals surface area contributed by atoms with Crippen LogP contribution >= 0.6 is 0 Å². The molecule has 3 rings (SSSR count). The molecule has 3 aromatic rings. The van der Waals surface area contributed by atoms with Gasteiger partial charge in [-0.25, -0.2) is 4.79 Å². The van der Waals surface area contributed by atoms with Crippen molar-refractivity contribution < 1.29 is 15.0 Å². The van der Waals surface area contributed by atoms with Crippen LogP contribution in [0.4, 0.5) is 11.4 Å². The maximum atomic E-state index is 12.4. The lowest BCUT2D eigenvalue weighted by molar-refractivity contribution is -0.138. The van der Waals surface area contributed by atoms with E-state index in [1.54, 1.807) is 48.3 Å². The number of aliphatic carboxylic acids is 1. The Morgan fingerprint density at radius 2 is 1.65 bits per heavy atom. The van der Waals surface area contributed by atoms with Gasteiger partial charge in [0.25, 0.3) is 0 Å². The predicted octanol–water partition coefficient (Wildman–Crippen LogP) is 1.99. The summed E-state index contributed by atoms with van der Waals surface area (Å²) in [6.07, 6.45) is 0.143. The van der Waals surface area contributed by atoms with Crippen LogP contribution in [0.25, 0.3) is 0 Å². The summed E-state index contributed by atoms with van der Waals surface area (Å²) in [4.78, 5) is 29.5. The molecule has 0 radical (unpaired) electrons. The van der Waals surface area contributed by atoms with Crippen LogP contribution in [-0.2, 0) is 11.2 Å². The Hall–Kier alpha value is -3.41. The first-order valence-corrected chi connectivity index (χ1v) is 8.10. The third-order valence-corrected chi connectivity index (χ3v) is 4.20. The summed E-state index contributed by atoms with van der Waals surface area (Å²) >= 11 is 0. The average Bonchev–Trinajstić information content (AvgIpc) is 2.66. The Morgan fingerprint density at radius 1 is 1.08 bits per heavy atom. The highest BCUT2D eigenvalue weighted by molar-refractivity contribution is 5.75. The van der Waals surface area contributed by atoms with E-state index in [2.05, 4.69) is 4.99 Å². The fourth-order valence-electron chi connectivity index (χ4n) is 2.77. The number of para-hydroxylation sites is 1. The molecule has 1 atom stereocenters. The maximum absolute atomic E-state index is 12.4. The molecule has 0 aromatic heterocycles. The first kappa shape index (κ1) is 17.4. The quantitative estimate of drug-likeness (QED) is 0.710. The molecule has 0 amide bonds. The highest BCUT2D eigenvalue weighted by Gasteiger charge is 2.25. The zero-order valence-corrected chi connectivity index (χ0v) is 14.2. The summed E-state index contributed by atoms with van der Waals surface area (Å²) in [7, 11) is 1.66. The van der Waals surface area contributed by atoms with Crippen molar-refractivity contribution in [3.05, 3.63) is 81.8 Å². The van der Waals surface area contributed by atoms with Gasteiger partial charge in [0.1, 0.15) is 5.69 Å². The lowest BCUT2D eigenvalue weighted by Crippen LogP contribution is -2.39.